The SMILES string of the molecule is CCCNC(=O)CSc1nnc2c3ccccc3n(Cc3cccc(Cl)c3)c2n1. The number of hydrogen-bond acceptors (Lipinski definition) is 5. The fourth-order valence-electron chi connectivity index (χ4n) is 3.17. The summed E-state index contributed by atoms with van der Waals surface area (Å²) in [5.41, 5.74) is 3.61. The number of benzene rings is 2. The van der Waals surface area contributed by atoms with Crippen LogP contribution in [0.3, 0.4) is 0 Å². The molecular weight excluding hydrogens is 406 g/mol. The van der Waals surface area contributed by atoms with Crippen LogP contribution >= 0.6 is 23.4 Å². The number of para-hydroxylation sites is 1. The number of aromatic nitrogens is 4. The highest BCUT2D eigenvalue weighted by molar-refractivity contribution is 7.99. The van der Waals surface area contributed by atoms with Gasteiger partial charge in [0.25, 0.3) is 0 Å². The maximum atomic E-state index is 11.9. The van der Waals surface area contributed by atoms with Gasteiger partial charge in [-0.1, -0.05) is 60.6 Å². The molecule has 4 rings (SSSR count). The molecule has 29 heavy (non-hydrogen) atoms. The largest absolute Gasteiger partial charge is 0.355 e. The Hall–Kier alpha value is -2.64. The first-order valence-corrected chi connectivity index (χ1v) is 10.8. The van der Waals surface area contributed by atoms with Crippen molar-refractivity contribution in [3.05, 3.63) is 59.1 Å². The van der Waals surface area contributed by atoms with Gasteiger partial charge in [-0.3, -0.25) is 4.79 Å². The number of carbonyl (C=O) groups is 1. The van der Waals surface area contributed by atoms with Gasteiger partial charge in [-0.25, -0.2) is 4.98 Å². The highest BCUT2D eigenvalue weighted by Gasteiger charge is 2.15. The quantitative estimate of drug-likeness (QED) is 0.447. The maximum Gasteiger partial charge on any atom is 0.230 e. The van der Waals surface area contributed by atoms with Crippen molar-refractivity contribution in [2.45, 2.75) is 25.0 Å². The van der Waals surface area contributed by atoms with E-state index in [0.29, 0.717) is 23.3 Å². The smallest absolute Gasteiger partial charge is 0.230 e. The summed E-state index contributed by atoms with van der Waals surface area (Å²) in [7, 11) is 0. The molecule has 0 fully saturated rings. The van der Waals surface area contributed by atoms with Crippen LogP contribution in [-0.2, 0) is 11.3 Å². The molecular formula is C21H20ClN5OS. The lowest BCUT2D eigenvalue weighted by molar-refractivity contribution is -0.118. The third-order valence-corrected chi connectivity index (χ3v) is 5.56. The molecule has 148 valence electrons. The molecule has 2 aromatic heterocycles. The lowest BCUT2D eigenvalue weighted by atomic mass is 10.2. The Kier molecular flexibility index (Phi) is 5.97. The van der Waals surface area contributed by atoms with E-state index in [4.69, 9.17) is 16.6 Å². The highest BCUT2D eigenvalue weighted by Crippen LogP contribution is 2.28. The molecule has 6 nitrogen and oxygen atoms in total. The molecule has 0 atom stereocenters. The Labute approximate surface area is 177 Å². The summed E-state index contributed by atoms with van der Waals surface area (Å²) >= 11 is 7.46. The second-order valence-electron chi connectivity index (χ2n) is 6.64. The van der Waals surface area contributed by atoms with Crippen LogP contribution in [0.2, 0.25) is 5.02 Å². The average molecular weight is 426 g/mol. The molecule has 0 aliphatic heterocycles. The molecule has 0 saturated carbocycles. The summed E-state index contributed by atoms with van der Waals surface area (Å²) in [6, 6.07) is 15.8. The average Bonchev–Trinajstić information content (AvgIpc) is 3.04. The first-order valence-electron chi connectivity index (χ1n) is 9.41. The van der Waals surface area contributed by atoms with E-state index in [-0.39, 0.29) is 11.7 Å². The van der Waals surface area contributed by atoms with E-state index in [2.05, 4.69) is 20.1 Å². The first kappa shape index (κ1) is 19.7. The van der Waals surface area contributed by atoms with E-state index in [9.17, 15) is 4.79 Å². The third-order valence-electron chi connectivity index (χ3n) is 4.49. The van der Waals surface area contributed by atoms with Crippen molar-refractivity contribution >= 4 is 51.3 Å². The zero-order valence-corrected chi connectivity index (χ0v) is 17.5. The van der Waals surface area contributed by atoms with Gasteiger partial charge in [-0.15, -0.1) is 10.2 Å². The fraction of sp³-hybridized carbons (Fsp3) is 0.238. The van der Waals surface area contributed by atoms with E-state index in [1.54, 1.807) is 0 Å². The van der Waals surface area contributed by atoms with Gasteiger partial charge in [0.1, 0.15) is 5.52 Å². The molecule has 2 aromatic carbocycles. The van der Waals surface area contributed by atoms with Gasteiger partial charge in [-0.05, 0) is 30.2 Å². The molecule has 0 bridgehead atoms. The first-order chi connectivity index (χ1) is 14.2. The van der Waals surface area contributed by atoms with Crippen molar-refractivity contribution < 1.29 is 4.79 Å². The molecule has 0 aliphatic rings. The Morgan fingerprint density at radius 2 is 2.03 bits per heavy atom. The fourth-order valence-corrected chi connectivity index (χ4v) is 4.00. The summed E-state index contributed by atoms with van der Waals surface area (Å²) in [6.07, 6.45) is 0.907. The number of rotatable bonds is 7. The Balaban J connectivity index is 1.70. The predicted octanol–water partition coefficient (Wildman–Crippen LogP) is 4.30. The number of thioether (sulfide) groups is 1. The zero-order chi connectivity index (χ0) is 20.2. The second-order valence-corrected chi connectivity index (χ2v) is 8.02. The van der Waals surface area contributed by atoms with Crippen LogP contribution in [-0.4, -0.2) is 38.0 Å². The minimum atomic E-state index is -0.0278. The van der Waals surface area contributed by atoms with Crippen molar-refractivity contribution in [1.29, 1.82) is 0 Å². The molecule has 4 aromatic rings. The summed E-state index contributed by atoms with van der Waals surface area (Å²) in [5.74, 6) is 0.238. The van der Waals surface area contributed by atoms with E-state index >= 15 is 0 Å². The van der Waals surface area contributed by atoms with Gasteiger partial charge in [-0.2, -0.15) is 0 Å². The Morgan fingerprint density at radius 1 is 1.17 bits per heavy atom. The summed E-state index contributed by atoms with van der Waals surface area (Å²) < 4.78 is 2.12. The lowest BCUT2D eigenvalue weighted by Crippen LogP contribution is -2.25. The number of nitrogens with zero attached hydrogens (tertiary/aromatic N) is 4. The van der Waals surface area contributed by atoms with Gasteiger partial charge in [0.05, 0.1) is 11.3 Å². The van der Waals surface area contributed by atoms with Crippen LogP contribution in [0, 0.1) is 0 Å². The molecule has 1 N–H and O–H groups in total. The number of carbonyl (C=O) groups excluding carboxylic acids is 1. The molecule has 0 unspecified atom stereocenters. The van der Waals surface area contributed by atoms with Crippen LogP contribution in [0.4, 0.5) is 0 Å². The van der Waals surface area contributed by atoms with Crippen molar-refractivity contribution in [1.82, 2.24) is 25.1 Å². The van der Waals surface area contributed by atoms with E-state index in [1.165, 1.54) is 11.8 Å². The molecule has 1 amide bonds. The molecule has 0 aliphatic carbocycles. The van der Waals surface area contributed by atoms with Crippen molar-refractivity contribution in [2.75, 3.05) is 12.3 Å². The summed E-state index contributed by atoms with van der Waals surface area (Å²) in [6.45, 7) is 3.31. The number of amides is 1. The molecule has 0 spiro atoms. The zero-order valence-electron chi connectivity index (χ0n) is 15.9. The monoisotopic (exact) mass is 425 g/mol. The van der Waals surface area contributed by atoms with Crippen LogP contribution in [0.25, 0.3) is 22.1 Å². The molecule has 2 heterocycles. The minimum Gasteiger partial charge on any atom is -0.355 e. The van der Waals surface area contributed by atoms with E-state index in [0.717, 1.165) is 34.1 Å². The van der Waals surface area contributed by atoms with E-state index in [1.807, 2.05) is 55.5 Å². The van der Waals surface area contributed by atoms with Gasteiger partial charge < -0.3 is 9.88 Å². The number of nitrogens with one attached hydrogen (secondary N) is 1. The Morgan fingerprint density at radius 3 is 2.86 bits per heavy atom. The van der Waals surface area contributed by atoms with Crippen molar-refractivity contribution in [2.24, 2.45) is 0 Å². The third kappa shape index (κ3) is 4.36. The standard InChI is InChI=1S/C21H20ClN5OS/c1-2-10-23-18(28)13-29-21-24-20-19(25-26-21)16-8-3-4-9-17(16)27(20)12-14-6-5-7-15(22)11-14/h3-9,11H,2,10,12-13H2,1H3,(H,23,28). The summed E-state index contributed by atoms with van der Waals surface area (Å²) in [4.78, 5) is 16.6. The molecule has 0 radical (unpaired) electrons. The van der Waals surface area contributed by atoms with Gasteiger partial charge in [0, 0.05) is 23.5 Å². The van der Waals surface area contributed by atoms with Gasteiger partial charge >= 0.3 is 0 Å². The van der Waals surface area contributed by atoms with Crippen LogP contribution in [0.5, 0.6) is 0 Å². The van der Waals surface area contributed by atoms with Crippen LogP contribution in [0.15, 0.2) is 53.7 Å². The van der Waals surface area contributed by atoms with Crippen LogP contribution < -0.4 is 5.32 Å². The maximum absolute atomic E-state index is 11.9. The second kappa shape index (κ2) is 8.80. The predicted molar refractivity (Wildman–Crippen MR) is 117 cm³/mol. The van der Waals surface area contributed by atoms with Gasteiger partial charge in [0.15, 0.2) is 5.65 Å². The topological polar surface area (TPSA) is 72.7 Å². The highest BCUT2D eigenvalue weighted by atomic mass is 35.5. The Bertz CT molecular complexity index is 1180. The number of hydrogen-bond donors (Lipinski definition) is 1. The number of fused-ring (bicyclic) bond motifs is 3. The lowest BCUT2D eigenvalue weighted by Gasteiger charge is -2.08. The van der Waals surface area contributed by atoms with Gasteiger partial charge in [0.2, 0.25) is 11.1 Å². The molecule has 0 saturated heterocycles. The normalized spacial score (nSPS) is 11.2. The number of halogens is 1. The molecule has 8 heteroatoms. The minimum absolute atomic E-state index is 0.0278. The van der Waals surface area contributed by atoms with Crippen LogP contribution in [0.1, 0.15) is 18.9 Å². The summed E-state index contributed by atoms with van der Waals surface area (Å²) in [5, 5.41) is 13.7. The van der Waals surface area contributed by atoms with Crippen molar-refractivity contribution in [3.8, 4) is 0 Å². The van der Waals surface area contributed by atoms with Crippen molar-refractivity contribution in [3.63, 3.8) is 0 Å². The van der Waals surface area contributed by atoms with E-state index < -0.39 is 0 Å².